The fourth-order valence-electron chi connectivity index (χ4n) is 2.46. The molecule has 110 valence electrons. The Bertz CT molecular complexity index is 472. The summed E-state index contributed by atoms with van der Waals surface area (Å²) in [5.41, 5.74) is 1.09. The molecule has 0 N–H and O–H groups in total. The van der Waals surface area contributed by atoms with Gasteiger partial charge in [-0.25, -0.2) is 9.48 Å². The molecule has 7 nitrogen and oxygen atoms in total. The van der Waals surface area contributed by atoms with E-state index in [1.165, 1.54) is 12.8 Å². The number of carbonyl (C=O) groups excluding carboxylic acids is 1. The number of rotatable bonds is 5. The van der Waals surface area contributed by atoms with Gasteiger partial charge in [-0.15, -0.1) is 5.10 Å². The number of aromatic nitrogens is 3. The van der Waals surface area contributed by atoms with Gasteiger partial charge in [0, 0.05) is 32.3 Å². The molecular weight excluding hydrogens is 260 g/mol. The lowest BCUT2D eigenvalue weighted by Gasteiger charge is -2.16. The summed E-state index contributed by atoms with van der Waals surface area (Å²) in [6, 6.07) is 0.213. The normalized spacial score (nSPS) is 22.2. The molecule has 3 rings (SSSR count). The number of amides is 1. The first-order valence-corrected chi connectivity index (χ1v) is 7.10. The number of hydrogen-bond donors (Lipinski definition) is 0. The summed E-state index contributed by atoms with van der Waals surface area (Å²) in [6.45, 7) is 2.07. The van der Waals surface area contributed by atoms with Crippen molar-refractivity contribution in [1.82, 2.24) is 19.9 Å². The highest BCUT2D eigenvalue weighted by Gasteiger charge is 2.31. The lowest BCUT2D eigenvalue weighted by molar-refractivity contribution is 0.0761. The summed E-state index contributed by atoms with van der Waals surface area (Å²) >= 11 is 0. The molecule has 1 amide bonds. The van der Waals surface area contributed by atoms with E-state index < -0.39 is 0 Å². The molecule has 1 aliphatic carbocycles. The van der Waals surface area contributed by atoms with Gasteiger partial charge in [-0.2, -0.15) is 0 Å². The van der Waals surface area contributed by atoms with Crippen LogP contribution in [0.3, 0.4) is 0 Å². The van der Waals surface area contributed by atoms with Crippen molar-refractivity contribution >= 4 is 6.09 Å². The number of likely N-dealkylation sites (tertiary alicyclic amines) is 1. The minimum absolute atomic E-state index is 0.213. The first-order valence-electron chi connectivity index (χ1n) is 7.10. The van der Waals surface area contributed by atoms with Crippen molar-refractivity contribution in [2.45, 2.75) is 31.2 Å². The van der Waals surface area contributed by atoms with E-state index in [-0.39, 0.29) is 12.1 Å². The molecule has 1 atom stereocenters. The highest BCUT2D eigenvalue weighted by Crippen LogP contribution is 2.39. The first kappa shape index (κ1) is 13.4. The molecule has 2 heterocycles. The van der Waals surface area contributed by atoms with E-state index in [4.69, 9.17) is 9.47 Å². The minimum atomic E-state index is -0.271. The Labute approximate surface area is 117 Å². The zero-order valence-electron chi connectivity index (χ0n) is 11.7. The molecule has 2 aliphatic rings. The monoisotopic (exact) mass is 280 g/mol. The summed E-state index contributed by atoms with van der Waals surface area (Å²) in [4.78, 5) is 13.5. The predicted octanol–water partition coefficient (Wildman–Crippen LogP) is 1.19. The van der Waals surface area contributed by atoms with Crippen LogP contribution in [0.1, 0.15) is 36.9 Å². The molecule has 2 fully saturated rings. The summed E-state index contributed by atoms with van der Waals surface area (Å²) in [6.07, 6.45) is 5.10. The molecule has 0 radical (unpaired) electrons. The van der Waals surface area contributed by atoms with Crippen molar-refractivity contribution in [3.8, 4) is 0 Å². The third-order valence-electron chi connectivity index (χ3n) is 3.83. The average Bonchev–Trinajstić information content (AvgIpc) is 3.00. The van der Waals surface area contributed by atoms with E-state index in [2.05, 4.69) is 10.3 Å². The van der Waals surface area contributed by atoms with E-state index in [0.29, 0.717) is 32.2 Å². The zero-order valence-corrected chi connectivity index (χ0v) is 11.7. The fourth-order valence-corrected chi connectivity index (χ4v) is 2.46. The maximum absolute atomic E-state index is 11.8. The van der Waals surface area contributed by atoms with Gasteiger partial charge in [0.05, 0.1) is 18.3 Å². The SMILES string of the molecule is COCCOC(=O)N1CCC(n2cc(C3CC3)nn2)C1. The molecule has 1 aromatic heterocycles. The Hall–Kier alpha value is -1.63. The highest BCUT2D eigenvalue weighted by molar-refractivity contribution is 5.68. The van der Waals surface area contributed by atoms with Crippen molar-refractivity contribution in [2.24, 2.45) is 0 Å². The molecule has 0 spiro atoms. The number of methoxy groups -OCH3 is 1. The van der Waals surface area contributed by atoms with Crippen LogP contribution in [0.25, 0.3) is 0 Å². The quantitative estimate of drug-likeness (QED) is 0.758. The van der Waals surface area contributed by atoms with Gasteiger partial charge in [0.15, 0.2) is 0 Å². The van der Waals surface area contributed by atoms with Crippen molar-refractivity contribution in [1.29, 1.82) is 0 Å². The molecular formula is C13H20N4O3. The van der Waals surface area contributed by atoms with E-state index in [1.807, 2.05) is 10.9 Å². The average molecular weight is 280 g/mol. The summed E-state index contributed by atoms with van der Waals surface area (Å²) < 4.78 is 11.9. The Morgan fingerprint density at radius 3 is 3.00 bits per heavy atom. The van der Waals surface area contributed by atoms with Crippen LogP contribution in [-0.2, 0) is 9.47 Å². The van der Waals surface area contributed by atoms with Crippen molar-refractivity contribution in [3.05, 3.63) is 11.9 Å². The summed E-state index contributed by atoms with van der Waals surface area (Å²) in [7, 11) is 1.59. The van der Waals surface area contributed by atoms with Crippen molar-refractivity contribution in [3.63, 3.8) is 0 Å². The van der Waals surface area contributed by atoms with Gasteiger partial charge in [-0.3, -0.25) is 0 Å². The Morgan fingerprint density at radius 1 is 1.40 bits per heavy atom. The lowest BCUT2D eigenvalue weighted by atomic mass is 10.2. The molecule has 1 saturated carbocycles. The van der Waals surface area contributed by atoms with Crippen molar-refractivity contribution in [2.75, 3.05) is 33.4 Å². The van der Waals surface area contributed by atoms with Gasteiger partial charge in [0.2, 0.25) is 0 Å². The minimum Gasteiger partial charge on any atom is -0.447 e. The molecule has 1 unspecified atom stereocenters. The second-order valence-corrected chi connectivity index (χ2v) is 5.39. The smallest absolute Gasteiger partial charge is 0.409 e. The van der Waals surface area contributed by atoms with Gasteiger partial charge >= 0.3 is 6.09 Å². The second kappa shape index (κ2) is 5.78. The van der Waals surface area contributed by atoms with Crippen LogP contribution >= 0.6 is 0 Å². The zero-order chi connectivity index (χ0) is 13.9. The fraction of sp³-hybridized carbons (Fsp3) is 0.769. The highest BCUT2D eigenvalue weighted by atomic mass is 16.6. The van der Waals surface area contributed by atoms with Gasteiger partial charge in [-0.1, -0.05) is 5.21 Å². The van der Waals surface area contributed by atoms with E-state index in [1.54, 1.807) is 12.0 Å². The first-order chi connectivity index (χ1) is 9.78. The van der Waals surface area contributed by atoms with Crippen LogP contribution in [0.4, 0.5) is 4.79 Å². The second-order valence-electron chi connectivity index (χ2n) is 5.39. The number of hydrogen-bond acceptors (Lipinski definition) is 5. The van der Waals surface area contributed by atoms with Gasteiger partial charge < -0.3 is 14.4 Å². The molecule has 7 heteroatoms. The molecule has 0 aromatic carbocycles. The van der Waals surface area contributed by atoms with Crippen LogP contribution in [0.2, 0.25) is 0 Å². The standard InChI is InChI=1S/C13H20N4O3/c1-19-6-7-20-13(18)16-5-4-11(8-16)17-9-12(14-15-17)10-2-3-10/h9-11H,2-8H2,1H3. The molecule has 20 heavy (non-hydrogen) atoms. The Balaban J connectivity index is 1.51. The van der Waals surface area contributed by atoms with Gasteiger partial charge in [0.1, 0.15) is 6.61 Å². The molecule has 1 aliphatic heterocycles. The van der Waals surface area contributed by atoms with Crippen molar-refractivity contribution < 1.29 is 14.3 Å². The number of nitrogens with zero attached hydrogens (tertiary/aromatic N) is 4. The predicted molar refractivity (Wildman–Crippen MR) is 70.4 cm³/mol. The van der Waals surface area contributed by atoms with E-state index in [0.717, 1.165) is 12.1 Å². The third-order valence-corrected chi connectivity index (χ3v) is 3.83. The van der Waals surface area contributed by atoms with Crippen LogP contribution in [0, 0.1) is 0 Å². The maximum atomic E-state index is 11.8. The molecule has 0 bridgehead atoms. The van der Waals surface area contributed by atoms with E-state index in [9.17, 15) is 4.79 Å². The van der Waals surface area contributed by atoms with Crippen LogP contribution in [-0.4, -0.2) is 59.4 Å². The number of ether oxygens (including phenoxy) is 2. The Kier molecular flexibility index (Phi) is 3.86. The topological polar surface area (TPSA) is 69.5 Å². The maximum Gasteiger partial charge on any atom is 0.409 e. The Morgan fingerprint density at radius 2 is 2.25 bits per heavy atom. The lowest BCUT2D eigenvalue weighted by Crippen LogP contribution is -2.30. The van der Waals surface area contributed by atoms with Gasteiger partial charge in [-0.05, 0) is 19.3 Å². The van der Waals surface area contributed by atoms with Gasteiger partial charge in [0.25, 0.3) is 0 Å². The third kappa shape index (κ3) is 2.92. The van der Waals surface area contributed by atoms with Crippen LogP contribution < -0.4 is 0 Å². The van der Waals surface area contributed by atoms with Crippen LogP contribution in [0.5, 0.6) is 0 Å². The molecule has 1 saturated heterocycles. The largest absolute Gasteiger partial charge is 0.447 e. The van der Waals surface area contributed by atoms with Crippen LogP contribution in [0.15, 0.2) is 6.20 Å². The number of carbonyl (C=O) groups is 1. The molecule has 1 aromatic rings. The van der Waals surface area contributed by atoms with E-state index >= 15 is 0 Å². The summed E-state index contributed by atoms with van der Waals surface area (Å²) in [5, 5.41) is 8.41. The summed E-state index contributed by atoms with van der Waals surface area (Å²) in [5.74, 6) is 0.611.